The first-order chi connectivity index (χ1) is 14.7. The Morgan fingerprint density at radius 2 is 1.61 bits per heavy atom. The maximum Gasteiger partial charge on any atom is 0.416 e. The summed E-state index contributed by atoms with van der Waals surface area (Å²) in [5.41, 5.74) is 2.12. The van der Waals surface area contributed by atoms with Crippen molar-refractivity contribution in [1.29, 1.82) is 0 Å². The van der Waals surface area contributed by atoms with Crippen molar-refractivity contribution in [3.8, 4) is 11.1 Å². The molecular weight excluding hydrogens is 425 g/mol. The SMILES string of the molecule is O=S(=O)(NCCc1c[nH]c2ccccc12)c1ccc(-c2cccc(C(F)(F)F)c2)cc1. The van der Waals surface area contributed by atoms with E-state index in [1.54, 1.807) is 6.07 Å². The van der Waals surface area contributed by atoms with E-state index in [1.807, 2.05) is 30.5 Å². The number of alkyl halides is 3. The lowest BCUT2D eigenvalue weighted by Crippen LogP contribution is -2.25. The smallest absolute Gasteiger partial charge is 0.361 e. The van der Waals surface area contributed by atoms with Crippen molar-refractivity contribution in [2.45, 2.75) is 17.5 Å². The van der Waals surface area contributed by atoms with Crippen molar-refractivity contribution in [2.24, 2.45) is 0 Å². The number of para-hydroxylation sites is 1. The first-order valence-corrected chi connectivity index (χ1v) is 11.0. The number of rotatable bonds is 6. The van der Waals surface area contributed by atoms with E-state index in [2.05, 4.69) is 9.71 Å². The zero-order chi connectivity index (χ0) is 22.1. The molecule has 1 aromatic heterocycles. The van der Waals surface area contributed by atoms with E-state index < -0.39 is 21.8 Å². The van der Waals surface area contributed by atoms with Gasteiger partial charge in [-0.15, -0.1) is 0 Å². The second-order valence-corrected chi connectivity index (χ2v) is 8.88. The minimum atomic E-state index is -4.44. The van der Waals surface area contributed by atoms with Crippen LogP contribution in [0.5, 0.6) is 0 Å². The molecule has 0 spiro atoms. The fourth-order valence-corrected chi connectivity index (χ4v) is 4.48. The molecule has 31 heavy (non-hydrogen) atoms. The highest BCUT2D eigenvalue weighted by Gasteiger charge is 2.30. The molecule has 0 radical (unpaired) electrons. The van der Waals surface area contributed by atoms with Crippen LogP contribution in [0.25, 0.3) is 22.0 Å². The van der Waals surface area contributed by atoms with Gasteiger partial charge in [-0.05, 0) is 53.4 Å². The van der Waals surface area contributed by atoms with Gasteiger partial charge in [0.2, 0.25) is 10.0 Å². The monoisotopic (exact) mass is 444 g/mol. The van der Waals surface area contributed by atoms with Crippen molar-refractivity contribution in [1.82, 2.24) is 9.71 Å². The molecular formula is C23H19F3N2O2S. The number of fused-ring (bicyclic) bond motifs is 1. The van der Waals surface area contributed by atoms with Gasteiger partial charge in [0.1, 0.15) is 0 Å². The molecule has 0 saturated heterocycles. The summed E-state index contributed by atoms with van der Waals surface area (Å²) in [4.78, 5) is 3.21. The summed E-state index contributed by atoms with van der Waals surface area (Å²) in [5, 5.41) is 1.05. The van der Waals surface area contributed by atoms with E-state index >= 15 is 0 Å². The number of H-pyrrole nitrogens is 1. The minimum Gasteiger partial charge on any atom is -0.361 e. The zero-order valence-corrected chi connectivity index (χ0v) is 17.1. The molecule has 0 aliphatic heterocycles. The van der Waals surface area contributed by atoms with Crippen LogP contribution in [0, 0.1) is 0 Å². The molecule has 0 atom stereocenters. The summed E-state index contributed by atoms with van der Waals surface area (Å²) in [6, 6.07) is 18.5. The molecule has 4 nitrogen and oxygen atoms in total. The molecule has 4 rings (SSSR count). The Kier molecular flexibility index (Phi) is 5.60. The molecule has 0 aliphatic carbocycles. The number of hydrogen-bond acceptors (Lipinski definition) is 2. The third-order valence-corrected chi connectivity index (χ3v) is 6.53. The molecule has 8 heteroatoms. The van der Waals surface area contributed by atoms with Gasteiger partial charge in [-0.2, -0.15) is 13.2 Å². The van der Waals surface area contributed by atoms with Gasteiger partial charge in [-0.1, -0.05) is 42.5 Å². The lowest BCUT2D eigenvalue weighted by Gasteiger charge is -2.10. The molecule has 1 heterocycles. The van der Waals surface area contributed by atoms with Crippen molar-refractivity contribution in [3.63, 3.8) is 0 Å². The van der Waals surface area contributed by atoms with Crippen LogP contribution in [0.4, 0.5) is 13.2 Å². The third-order valence-electron chi connectivity index (χ3n) is 5.05. The average Bonchev–Trinajstić information content (AvgIpc) is 3.16. The number of benzene rings is 3. The van der Waals surface area contributed by atoms with E-state index in [4.69, 9.17) is 0 Å². The van der Waals surface area contributed by atoms with Crippen molar-refractivity contribution < 1.29 is 21.6 Å². The normalized spacial score (nSPS) is 12.4. The Labute approximate surface area is 177 Å². The predicted octanol–water partition coefficient (Wildman–Crippen LogP) is 5.37. The van der Waals surface area contributed by atoms with E-state index in [0.717, 1.165) is 28.6 Å². The first-order valence-electron chi connectivity index (χ1n) is 9.56. The molecule has 3 aromatic carbocycles. The fourth-order valence-electron chi connectivity index (χ4n) is 3.44. The van der Waals surface area contributed by atoms with Crippen LogP contribution in [-0.2, 0) is 22.6 Å². The second kappa shape index (κ2) is 8.20. The Bertz CT molecular complexity index is 1310. The van der Waals surface area contributed by atoms with Crippen LogP contribution in [-0.4, -0.2) is 19.9 Å². The maximum absolute atomic E-state index is 12.9. The van der Waals surface area contributed by atoms with Gasteiger partial charge in [-0.25, -0.2) is 13.1 Å². The second-order valence-electron chi connectivity index (χ2n) is 7.11. The van der Waals surface area contributed by atoms with Crippen LogP contribution in [0.3, 0.4) is 0 Å². The molecule has 4 aromatic rings. The van der Waals surface area contributed by atoms with Gasteiger partial charge in [0.15, 0.2) is 0 Å². The van der Waals surface area contributed by atoms with Gasteiger partial charge < -0.3 is 4.98 Å². The molecule has 2 N–H and O–H groups in total. The highest BCUT2D eigenvalue weighted by molar-refractivity contribution is 7.89. The number of aromatic amines is 1. The summed E-state index contributed by atoms with van der Waals surface area (Å²) in [6.07, 6.45) is -2.05. The Balaban J connectivity index is 1.45. The van der Waals surface area contributed by atoms with Gasteiger partial charge in [0.05, 0.1) is 10.5 Å². The summed E-state index contributed by atoms with van der Waals surface area (Å²) in [6.45, 7) is 0.222. The van der Waals surface area contributed by atoms with E-state index in [0.29, 0.717) is 17.5 Å². The van der Waals surface area contributed by atoms with Gasteiger partial charge in [0, 0.05) is 23.6 Å². The molecule has 0 fully saturated rings. The van der Waals surface area contributed by atoms with Crippen LogP contribution in [0.1, 0.15) is 11.1 Å². The largest absolute Gasteiger partial charge is 0.416 e. The van der Waals surface area contributed by atoms with Gasteiger partial charge in [-0.3, -0.25) is 0 Å². The summed E-state index contributed by atoms with van der Waals surface area (Å²) in [5.74, 6) is 0. The predicted molar refractivity (Wildman–Crippen MR) is 114 cm³/mol. The number of hydrogen-bond donors (Lipinski definition) is 2. The highest BCUT2D eigenvalue weighted by atomic mass is 32.2. The van der Waals surface area contributed by atoms with Crippen molar-refractivity contribution in [3.05, 3.63) is 90.1 Å². The third kappa shape index (κ3) is 4.65. The van der Waals surface area contributed by atoms with Crippen LogP contribution >= 0.6 is 0 Å². The average molecular weight is 444 g/mol. The number of aromatic nitrogens is 1. The molecule has 0 bridgehead atoms. The molecule has 0 unspecified atom stereocenters. The van der Waals surface area contributed by atoms with Crippen LogP contribution < -0.4 is 4.72 Å². The molecule has 0 aliphatic rings. The summed E-state index contributed by atoms with van der Waals surface area (Å²) in [7, 11) is -3.74. The summed E-state index contributed by atoms with van der Waals surface area (Å²) >= 11 is 0. The Morgan fingerprint density at radius 1 is 0.871 bits per heavy atom. The maximum atomic E-state index is 12.9. The minimum absolute atomic E-state index is 0.0575. The van der Waals surface area contributed by atoms with Crippen molar-refractivity contribution in [2.75, 3.05) is 6.54 Å². The highest BCUT2D eigenvalue weighted by Crippen LogP contribution is 2.32. The standard InChI is InChI=1S/C23H19F3N2O2S/c24-23(25,26)19-5-3-4-17(14-19)16-8-10-20(11-9-16)31(29,30)28-13-12-18-15-27-22-7-2-1-6-21(18)22/h1-11,14-15,27-28H,12-13H2. The Morgan fingerprint density at radius 3 is 2.35 bits per heavy atom. The van der Waals surface area contributed by atoms with E-state index in [-0.39, 0.29) is 11.4 Å². The van der Waals surface area contributed by atoms with Crippen molar-refractivity contribution >= 4 is 20.9 Å². The fraction of sp³-hybridized carbons (Fsp3) is 0.130. The zero-order valence-electron chi connectivity index (χ0n) is 16.3. The lowest BCUT2D eigenvalue weighted by molar-refractivity contribution is -0.137. The van der Waals surface area contributed by atoms with Gasteiger partial charge in [0.25, 0.3) is 0 Å². The number of sulfonamides is 1. The van der Waals surface area contributed by atoms with Crippen LogP contribution in [0.15, 0.2) is 83.9 Å². The van der Waals surface area contributed by atoms with Crippen LogP contribution in [0.2, 0.25) is 0 Å². The molecule has 0 saturated carbocycles. The summed E-state index contributed by atoms with van der Waals surface area (Å²) < 4.78 is 66.5. The van der Waals surface area contributed by atoms with E-state index in [1.165, 1.54) is 30.3 Å². The number of halogens is 3. The molecule has 0 amide bonds. The number of nitrogens with one attached hydrogen (secondary N) is 2. The lowest BCUT2D eigenvalue weighted by atomic mass is 10.0. The molecule has 160 valence electrons. The van der Waals surface area contributed by atoms with E-state index in [9.17, 15) is 21.6 Å². The first kappa shape index (κ1) is 21.1. The quantitative estimate of drug-likeness (QED) is 0.420. The topological polar surface area (TPSA) is 62.0 Å². The Hall–Kier alpha value is -3.10. The van der Waals surface area contributed by atoms with Gasteiger partial charge >= 0.3 is 6.18 Å².